The molecule has 1 heteroatoms. The summed E-state index contributed by atoms with van der Waals surface area (Å²) in [6.45, 7) is 4.72. The van der Waals surface area contributed by atoms with Crippen molar-refractivity contribution in [3.8, 4) is 67.1 Å². The second-order valence-electron chi connectivity index (χ2n) is 13.7. The average molecular weight is 613 g/mol. The molecule has 0 saturated heterocycles. The molecule has 1 nitrogen and oxygen atoms in total. The Morgan fingerprint density at radius 2 is 1.06 bits per heavy atom. The molecule has 0 fully saturated rings. The second kappa shape index (κ2) is 10.0. The van der Waals surface area contributed by atoms with Crippen molar-refractivity contribution in [1.82, 2.24) is 0 Å². The van der Waals surface area contributed by atoms with Gasteiger partial charge in [0.1, 0.15) is 11.5 Å². The predicted octanol–water partition coefficient (Wildman–Crippen LogP) is 13.1. The van der Waals surface area contributed by atoms with E-state index >= 15 is 0 Å². The van der Waals surface area contributed by atoms with E-state index in [9.17, 15) is 0 Å². The van der Waals surface area contributed by atoms with Crippen molar-refractivity contribution in [2.75, 3.05) is 0 Å². The van der Waals surface area contributed by atoms with Crippen LogP contribution in [0.3, 0.4) is 0 Å². The summed E-state index contributed by atoms with van der Waals surface area (Å²) >= 11 is 0. The van der Waals surface area contributed by atoms with Crippen LogP contribution in [0.4, 0.5) is 0 Å². The number of benzene rings is 8. The molecule has 2 aliphatic rings. The van der Waals surface area contributed by atoms with Gasteiger partial charge >= 0.3 is 0 Å². The maximum Gasteiger partial charge on any atom is 0.135 e. The van der Waals surface area contributed by atoms with Crippen LogP contribution in [0.2, 0.25) is 0 Å². The zero-order valence-electron chi connectivity index (χ0n) is 26.9. The molecule has 8 aromatic carbocycles. The molecule has 1 aliphatic carbocycles. The lowest BCUT2D eigenvalue weighted by molar-refractivity contribution is 0.487. The van der Waals surface area contributed by atoms with E-state index < -0.39 is 0 Å². The number of hydrogen-bond acceptors (Lipinski definition) is 1. The molecule has 10 rings (SSSR count). The maximum absolute atomic E-state index is 6.51. The van der Waals surface area contributed by atoms with Crippen molar-refractivity contribution in [1.29, 1.82) is 0 Å². The third-order valence-corrected chi connectivity index (χ3v) is 10.7. The van der Waals surface area contributed by atoms with Gasteiger partial charge in [-0.25, -0.2) is 0 Å². The van der Waals surface area contributed by atoms with Crippen molar-refractivity contribution in [3.63, 3.8) is 0 Å². The zero-order valence-corrected chi connectivity index (χ0v) is 26.9. The van der Waals surface area contributed by atoms with E-state index in [-0.39, 0.29) is 5.41 Å². The van der Waals surface area contributed by atoms with Gasteiger partial charge in [0.25, 0.3) is 0 Å². The molecule has 0 N–H and O–H groups in total. The largest absolute Gasteiger partial charge is 0.456 e. The third-order valence-electron chi connectivity index (χ3n) is 10.7. The van der Waals surface area contributed by atoms with Crippen molar-refractivity contribution in [3.05, 3.63) is 169 Å². The number of rotatable bonds is 3. The summed E-state index contributed by atoms with van der Waals surface area (Å²) in [4.78, 5) is 0. The number of hydrogen-bond donors (Lipinski definition) is 0. The van der Waals surface area contributed by atoms with Gasteiger partial charge < -0.3 is 4.74 Å². The lowest BCUT2D eigenvalue weighted by Crippen LogP contribution is -2.15. The van der Waals surface area contributed by atoms with Crippen LogP contribution >= 0.6 is 0 Å². The van der Waals surface area contributed by atoms with Crippen LogP contribution in [0.5, 0.6) is 11.5 Å². The SMILES string of the molecule is CC1(C)c2cc(-c3ccc(-c4ccc5c(c4)-c4cccc6c(-c7ccccc7)ccc(c46)O5)cc3)ccc2-c2c1ccc1ccccc21. The van der Waals surface area contributed by atoms with Gasteiger partial charge in [0.15, 0.2) is 0 Å². The van der Waals surface area contributed by atoms with Crippen molar-refractivity contribution >= 4 is 21.5 Å². The minimum atomic E-state index is -0.0564. The molecule has 0 bridgehead atoms. The summed E-state index contributed by atoms with van der Waals surface area (Å²) in [5.41, 5.74) is 15.1. The van der Waals surface area contributed by atoms with E-state index in [0.29, 0.717) is 0 Å². The number of ether oxygens (including phenoxy) is 1. The molecule has 0 spiro atoms. The highest BCUT2D eigenvalue weighted by atomic mass is 16.5. The van der Waals surface area contributed by atoms with E-state index in [1.54, 1.807) is 0 Å². The fourth-order valence-electron chi connectivity index (χ4n) is 8.22. The Balaban J connectivity index is 1.02. The maximum atomic E-state index is 6.51. The Bertz CT molecular complexity index is 2590. The average Bonchev–Trinajstić information content (AvgIpc) is 3.38. The minimum Gasteiger partial charge on any atom is -0.456 e. The van der Waals surface area contributed by atoms with Gasteiger partial charge in [-0.2, -0.15) is 0 Å². The molecule has 226 valence electrons. The molecule has 1 heterocycles. The molecule has 0 radical (unpaired) electrons. The summed E-state index contributed by atoms with van der Waals surface area (Å²) in [7, 11) is 0. The van der Waals surface area contributed by atoms with Gasteiger partial charge in [-0.3, -0.25) is 0 Å². The van der Waals surface area contributed by atoms with Crippen LogP contribution < -0.4 is 4.74 Å². The van der Waals surface area contributed by atoms with Crippen molar-refractivity contribution in [2.45, 2.75) is 19.3 Å². The smallest absolute Gasteiger partial charge is 0.135 e. The quantitative estimate of drug-likeness (QED) is 0.193. The molecule has 48 heavy (non-hydrogen) atoms. The Kier molecular flexibility index (Phi) is 5.69. The molecule has 0 atom stereocenters. The first-order valence-electron chi connectivity index (χ1n) is 16.8. The monoisotopic (exact) mass is 612 g/mol. The standard InChI is InChI=1S/C47H32O/c1-47(2)41-24-20-32-11-6-7-12-36(32)45(41)39-22-19-34(28-42(39)47)30-17-15-29(16-18-30)33-21-25-43-40(27-33)38-14-8-13-37-35(31-9-4-3-5-10-31)23-26-44(48-43)46(37)38/h3-28H,1-2H3. The topological polar surface area (TPSA) is 9.23 Å². The Morgan fingerprint density at radius 1 is 0.396 bits per heavy atom. The first kappa shape index (κ1) is 27.2. The van der Waals surface area contributed by atoms with Gasteiger partial charge in [0.05, 0.1) is 0 Å². The van der Waals surface area contributed by atoms with E-state index in [4.69, 9.17) is 4.74 Å². The van der Waals surface area contributed by atoms with Crippen LogP contribution in [-0.2, 0) is 5.41 Å². The lowest BCUT2D eigenvalue weighted by atomic mass is 9.81. The first-order chi connectivity index (χ1) is 23.5. The molecule has 0 saturated carbocycles. The van der Waals surface area contributed by atoms with E-state index in [0.717, 1.165) is 17.1 Å². The fourth-order valence-corrected chi connectivity index (χ4v) is 8.22. The Morgan fingerprint density at radius 3 is 1.90 bits per heavy atom. The van der Waals surface area contributed by atoms with E-state index in [1.807, 2.05) is 0 Å². The molecule has 0 amide bonds. The Labute approximate surface area is 280 Å². The molecule has 8 aromatic rings. The van der Waals surface area contributed by atoms with E-state index in [1.165, 1.54) is 82.7 Å². The van der Waals surface area contributed by atoms with Crippen LogP contribution in [-0.4, -0.2) is 0 Å². The summed E-state index contributed by atoms with van der Waals surface area (Å²) in [5.74, 6) is 1.82. The van der Waals surface area contributed by atoms with Gasteiger partial charge in [-0.05, 0) is 102 Å². The summed E-state index contributed by atoms with van der Waals surface area (Å²) in [6, 6.07) is 57.5. The van der Waals surface area contributed by atoms with Gasteiger partial charge in [0.2, 0.25) is 0 Å². The minimum absolute atomic E-state index is 0.0564. The Hall–Kier alpha value is -5.92. The molecular weight excluding hydrogens is 581 g/mol. The highest BCUT2D eigenvalue weighted by Gasteiger charge is 2.36. The second-order valence-corrected chi connectivity index (χ2v) is 13.7. The summed E-state index contributed by atoms with van der Waals surface area (Å²) in [5, 5.41) is 5.02. The van der Waals surface area contributed by atoms with E-state index in [2.05, 4.69) is 172 Å². The molecule has 0 unspecified atom stereocenters. The van der Waals surface area contributed by atoms with Gasteiger partial charge in [0, 0.05) is 16.4 Å². The molecule has 1 aliphatic heterocycles. The van der Waals surface area contributed by atoms with Crippen molar-refractivity contribution < 1.29 is 4.74 Å². The highest BCUT2D eigenvalue weighted by Crippen LogP contribution is 2.53. The highest BCUT2D eigenvalue weighted by molar-refractivity contribution is 6.10. The van der Waals surface area contributed by atoms with Gasteiger partial charge in [-0.1, -0.05) is 147 Å². The lowest BCUT2D eigenvalue weighted by Gasteiger charge is -2.23. The van der Waals surface area contributed by atoms with Gasteiger partial charge in [-0.15, -0.1) is 0 Å². The normalized spacial score (nSPS) is 13.5. The third kappa shape index (κ3) is 3.91. The first-order valence-corrected chi connectivity index (χ1v) is 16.8. The molecular formula is C47H32O. The summed E-state index contributed by atoms with van der Waals surface area (Å²) in [6.07, 6.45) is 0. The van der Waals surface area contributed by atoms with Crippen LogP contribution in [0.15, 0.2) is 158 Å². The predicted molar refractivity (Wildman–Crippen MR) is 201 cm³/mol. The van der Waals surface area contributed by atoms with Crippen LogP contribution in [0.1, 0.15) is 25.0 Å². The fraction of sp³-hybridized carbons (Fsp3) is 0.0638. The zero-order chi connectivity index (χ0) is 32.0. The number of fused-ring (bicyclic) bond motifs is 7. The van der Waals surface area contributed by atoms with Crippen molar-refractivity contribution in [2.24, 2.45) is 0 Å². The molecule has 0 aromatic heterocycles. The van der Waals surface area contributed by atoms with Crippen LogP contribution in [0.25, 0.3) is 77.2 Å². The van der Waals surface area contributed by atoms with Crippen LogP contribution in [0, 0.1) is 0 Å². The summed E-state index contributed by atoms with van der Waals surface area (Å²) < 4.78 is 6.51.